The van der Waals surface area contributed by atoms with E-state index in [9.17, 15) is 13.7 Å². The third-order valence-electron chi connectivity index (χ3n) is 3.15. The Kier molecular flexibility index (Phi) is 10.1. The smallest absolute Gasteiger partial charge is 0.155 e. The first-order valence-electron chi connectivity index (χ1n) is 8.23. The van der Waals surface area contributed by atoms with Crippen molar-refractivity contribution in [3.05, 3.63) is 67.5 Å². The van der Waals surface area contributed by atoms with Gasteiger partial charge in [-0.3, -0.25) is 0 Å². The number of rotatable bonds is 1. The number of hydrogen-bond acceptors (Lipinski definition) is 4. The zero-order valence-corrected chi connectivity index (χ0v) is 18.4. The van der Waals surface area contributed by atoms with Gasteiger partial charge < -0.3 is 10.6 Å². The summed E-state index contributed by atoms with van der Waals surface area (Å²) < 4.78 is 26.1. The van der Waals surface area contributed by atoms with Crippen molar-refractivity contribution in [2.75, 3.05) is 5.73 Å². The lowest BCUT2D eigenvalue weighted by Gasteiger charge is -2.11. The van der Waals surface area contributed by atoms with Crippen LogP contribution in [0.1, 0.15) is 43.0 Å². The van der Waals surface area contributed by atoms with Crippen LogP contribution in [0.25, 0.3) is 0 Å². The van der Waals surface area contributed by atoms with E-state index in [4.69, 9.17) is 5.73 Å². The molecule has 0 atom stereocenters. The molecular weight excluding hydrogens is 418 g/mol. The molecule has 0 unspecified atom stereocenters. The molecule has 0 fully saturated rings. The topological polar surface area (TPSA) is 64.7 Å². The van der Waals surface area contributed by atoms with Crippen LogP contribution in [-0.2, 0) is 4.84 Å². The molecule has 0 aliphatic heterocycles. The minimum Gasteiger partial charge on any atom is -0.396 e. The molecule has 4 nitrogen and oxygen atoms in total. The van der Waals surface area contributed by atoms with Gasteiger partial charge in [0.05, 0.1) is 10.2 Å². The molecule has 2 aromatic rings. The van der Waals surface area contributed by atoms with Crippen molar-refractivity contribution >= 4 is 21.6 Å². The Hall–Kier alpha value is -2.02. The Morgan fingerprint density at radius 3 is 1.70 bits per heavy atom. The molecule has 0 heterocycles. The Labute approximate surface area is 168 Å². The quantitative estimate of drug-likeness (QED) is 0.301. The zero-order chi connectivity index (χ0) is 21.4. The van der Waals surface area contributed by atoms with Gasteiger partial charge in [-0.1, -0.05) is 12.1 Å². The van der Waals surface area contributed by atoms with Crippen LogP contribution in [0.4, 0.5) is 14.5 Å². The molecule has 0 radical (unpaired) electrons. The average Bonchev–Trinajstić information content (AvgIpc) is 2.50. The fourth-order valence-corrected chi connectivity index (χ4v) is 2.17. The summed E-state index contributed by atoms with van der Waals surface area (Å²) in [4.78, 5) is 13.6. The van der Waals surface area contributed by atoms with E-state index in [2.05, 4.69) is 26.1 Å². The largest absolute Gasteiger partial charge is 0.396 e. The van der Waals surface area contributed by atoms with Gasteiger partial charge in [-0.25, -0.2) is 8.78 Å². The fraction of sp³-hybridized carbons (Fsp3) is 0.400. The van der Waals surface area contributed by atoms with E-state index in [1.165, 1.54) is 12.1 Å². The molecule has 0 amide bonds. The third-order valence-corrected chi connectivity index (χ3v) is 4.15. The normalized spacial score (nSPS) is 10.1. The van der Waals surface area contributed by atoms with Gasteiger partial charge in [-0.05, 0) is 98.8 Å². The van der Waals surface area contributed by atoms with E-state index < -0.39 is 5.60 Å². The zero-order valence-electron chi connectivity index (χ0n) is 16.8. The van der Waals surface area contributed by atoms with E-state index >= 15 is 0 Å². The molecule has 27 heavy (non-hydrogen) atoms. The highest BCUT2D eigenvalue weighted by atomic mass is 79.9. The van der Waals surface area contributed by atoms with Gasteiger partial charge in [-0.2, -0.15) is 0 Å². The maximum atomic E-state index is 12.8. The van der Waals surface area contributed by atoms with Crippen molar-refractivity contribution in [2.45, 2.75) is 54.1 Å². The molecule has 0 aliphatic carbocycles. The Morgan fingerprint density at radius 1 is 0.926 bits per heavy atom. The molecule has 0 bridgehead atoms. The van der Waals surface area contributed by atoms with Crippen molar-refractivity contribution in [3.8, 4) is 0 Å². The molecule has 150 valence electrons. The lowest BCUT2D eigenvalue weighted by atomic mass is 10.1. The van der Waals surface area contributed by atoms with Gasteiger partial charge in [-0.15, -0.1) is 4.91 Å². The minimum atomic E-state index is -0.429. The number of aryl methyl sites for hydroxylation is 4. The monoisotopic (exact) mass is 444 g/mol. The number of hydrogen-bond donors (Lipinski definition) is 1. The van der Waals surface area contributed by atoms with Gasteiger partial charge in [0.2, 0.25) is 0 Å². The molecule has 0 aliphatic rings. The van der Waals surface area contributed by atoms with Crippen LogP contribution >= 0.6 is 15.9 Å². The van der Waals surface area contributed by atoms with E-state index in [-0.39, 0.29) is 17.3 Å². The summed E-state index contributed by atoms with van der Waals surface area (Å²) in [5.41, 5.74) is 8.81. The standard InChI is InChI=1S/C8H8BrF.C8H10FN.C4H9NO2/c1-5-3-6(2)8(9)7(10)4-5;1-5-3-6(2)8(10)7(9)4-5;1-4(2,3)7-5-6/h3-4H,1-2H3;3-4H,10H2,1-2H3;1-3H3. The van der Waals surface area contributed by atoms with Crippen molar-refractivity contribution in [1.82, 2.24) is 0 Å². The number of anilines is 1. The highest BCUT2D eigenvalue weighted by Crippen LogP contribution is 2.21. The molecule has 7 heteroatoms. The van der Waals surface area contributed by atoms with E-state index in [1.807, 2.05) is 32.9 Å². The van der Waals surface area contributed by atoms with Gasteiger partial charge >= 0.3 is 0 Å². The van der Waals surface area contributed by atoms with Crippen LogP contribution in [0.5, 0.6) is 0 Å². The van der Waals surface area contributed by atoms with Crippen LogP contribution in [-0.4, -0.2) is 5.60 Å². The van der Waals surface area contributed by atoms with Crippen molar-refractivity contribution < 1.29 is 13.6 Å². The van der Waals surface area contributed by atoms with Crippen LogP contribution in [0.3, 0.4) is 0 Å². The highest BCUT2D eigenvalue weighted by Gasteiger charge is 2.09. The molecular formula is C20H27BrF2N2O2. The van der Waals surface area contributed by atoms with Gasteiger partial charge in [0, 0.05) is 0 Å². The number of halogens is 3. The number of nitrogen functional groups attached to an aromatic ring is 1. The maximum absolute atomic E-state index is 12.8. The number of nitrogens with two attached hydrogens (primary N) is 1. The molecule has 2 N–H and O–H groups in total. The minimum absolute atomic E-state index is 0.183. The average molecular weight is 445 g/mol. The predicted molar refractivity (Wildman–Crippen MR) is 110 cm³/mol. The van der Waals surface area contributed by atoms with E-state index in [1.54, 1.807) is 27.7 Å². The highest BCUT2D eigenvalue weighted by molar-refractivity contribution is 9.10. The number of nitrogens with zero attached hydrogens (tertiary/aromatic N) is 1. The summed E-state index contributed by atoms with van der Waals surface area (Å²) in [5, 5.41) is 2.26. The summed E-state index contributed by atoms with van der Waals surface area (Å²) in [6, 6.07) is 6.74. The number of benzene rings is 2. The SMILES string of the molecule is CC(C)(C)ON=O.Cc1cc(C)c(Br)c(F)c1.Cc1cc(C)c(N)c(F)c1. The Balaban J connectivity index is 0.000000384. The van der Waals surface area contributed by atoms with Crippen molar-refractivity contribution in [2.24, 2.45) is 5.34 Å². The molecule has 0 aromatic heterocycles. The van der Waals surface area contributed by atoms with Crippen LogP contribution in [0.2, 0.25) is 0 Å². The second-order valence-electron chi connectivity index (χ2n) is 7.13. The molecule has 0 saturated carbocycles. The molecule has 2 rings (SSSR count). The molecule has 0 saturated heterocycles. The van der Waals surface area contributed by atoms with E-state index in [0.717, 1.165) is 22.3 Å². The lowest BCUT2D eigenvalue weighted by Crippen LogP contribution is -2.14. The van der Waals surface area contributed by atoms with Crippen molar-refractivity contribution in [3.63, 3.8) is 0 Å². The first-order chi connectivity index (χ1) is 12.3. The fourth-order valence-electron chi connectivity index (χ4n) is 1.94. The van der Waals surface area contributed by atoms with E-state index in [0.29, 0.717) is 4.47 Å². The first kappa shape index (κ1) is 25.0. The summed E-state index contributed by atoms with van der Waals surface area (Å²) >= 11 is 3.14. The Bertz CT molecular complexity index is 674. The van der Waals surface area contributed by atoms with Gasteiger partial charge in [0.1, 0.15) is 17.2 Å². The lowest BCUT2D eigenvalue weighted by molar-refractivity contribution is -0.00229. The summed E-state index contributed by atoms with van der Waals surface area (Å²) in [7, 11) is 0. The second kappa shape index (κ2) is 11.0. The van der Waals surface area contributed by atoms with Crippen LogP contribution < -0.4 is 5.73 Å². The molecule has 0 spiro atoms. The van der Waals surface area contributed by atoms with Crippen LogP contribution in [0, 0.1) is 44.2 Å². The molecule has 2 aromatic carbocycles. The summed E-state index contributed by atoms with van der Waals surface area (Å²) in [6.45, 7) is 12.7. The van der Waals surface area contributed by atoms with Gasteiger partial charge in [0.25, 0.3) is 0 Å². The summed E-state index contributed by atoms with van der Waals surface area (Å²) in [5.74, 6) is -0.505. The second-order valence-corrected chi connectivity index (χ2v) is 7.93. The predicted octanol–water partition coefficient (Wildman–Crippen LogP) is 6.71. The first-order valence-corrected chi connectivity index (χ1v) is 9.03. The van der Waals surface area contributed by atoms with Gasteiger partial charge in [0.15, 0.2) is 5.34 Å². The Morgan fingerprint density at radius 2 is 1.37 bits per heavy atom. The van der Waals surface area contributed by atoms with Crippen LogP contribution in [0.15, 0.2) is 34.1 Å². The summed E-state index contributed by atoms with van der Waals surface area (Å²) in [6.07, 6.45) is 0. The third kappa shape index (κ3) is 10.0. The maximum Gasteiger partial charge on any atom is 0.155 e. The van der Waals surface area contributed by atoms with Crippen molar-refractivity contribution in [1.29, 1.82) is 0 Å².